The van der Waals surface area contributed by atoms with Crippen LogP contribution in [0.5, 0.6) is 0 Å². The Hall–Kier alpha value is -4.60. The highest BCUT2D eigenvalue weighted by Gasteiger charge is 2.69. The molecule has 15 heteroatoms. The maximum Gasteiger partial charge on any atom is 0.253 e. The van der Waals surface area contributed by atoms with E-state index in [-0.39, 0.29) is 86.7 Å². The van der Waals surface area contributed by atoms with Crippen LogP contribution in [-0.2, 0) is 52.6 Å². The Morgan fingerprint density at radius 1 is 0.510 bits per heavy atom. The van der Waals surface area contributed by atoms with Crippen LogP contribution in [0, 0.1) is 23.7 Å². The van der Waals surface area contributed by atoms with Crippen LogP contribution in [0.2, 0.25) is 0 Å². The zero-order valence-corrected chi connectivity index (χ0v) is 26.4. The zero-order chi connectivity index (χ0) is 34.2. The molecule has 0 aromatic rings. The summed E-state index contributed by atoms with van der Waals surface area (Å²) in [5.74, 6) is -5.82. The first-order chi connectivity index (χ1) is 23.5. The minimum atomic E-state index is -1.18. The maximum absolute atomic E-state index is 13.6. The number of carbonyl (C=O) groups is 8. The van der Waals surface area contributed by atoms with E-state index in [1.165, 1.54) is 34.1 Å². The molecule has 49 heavy (non-hydrogen) atoms. The van der Waals surface area contributed by atoms with Gasteiger partial charge in [0.05, 0.1) is 49.1 Å². The number of fused-ring (bicyclic) bond motifs is 10. The predicted molar refractivity (Wildman–Crippen MR) is 162 cm³/mol. The summed E-state index contributed by atoms with van der Waals surface area (Å²) in [6, 6.07) is 0. The summed E-state index contributed by atoms with van der Waals surface area (Å²) in [6.07, 6.45) is 12.5. The molecule has 8 amide bonds. The highest BCUT2D eigenvalue weighted by atomic mass is 16.6. The normalized spacial score (nSPS) is 36.5. The number of hydrogen-bond acceptors (Lipinski definition) is 11. The average molecular weight is 675 g/mol. The molecule has 15 nitrogen and oxygen atoms in total. The molecule has 0 aromatic carbocycles. The summed E-state index contributed by atoms with van der Waals surface area (Å²) < 4.78 is 18.6. The van der Waals surface area contributed by atoms with Crippen molar-refractivity contribution in [1.82, 2.24) is 19.6 Å². The summed E-state index contributed by atoms with van der Waals surface area (Å²) in [5.41, 5.74) is -2.36. The first kappa shape index (κ1) is 31.7. The lowest BCUT2D eigenvalue weighted by Gasteiger charge is -2.32. The first-order valence-corrected chi connectivity index (χ1v) is 16.6. The molecule has 8 aliphatic rings. The smallest absolute Gasteiger partial charge is 0.253 e. The Morgan fingerprint density at radius 2 is 0.857 bits per heavy atom. The largest absolute Gasteiger partial charge is 0.375 e. The van der Waals surface area contributed by atoms with Crippen molar-refractivity contribution in [3.05, 3.63) is 48.6 Å². The molecule has 4 fully saturated rings. The third kappa shape index (κ3) is 4.73. The van der Waals surface area contributed by atoms with Gasteiger partial charge in [-0.25, -0.2) is 0 Å². The topological polar surface area (TPSA) is 177 Å². The van der Waals surface area contributed by atoms with Gasteiger partial charge in [-0.2, -0.15) is 0 Å². The summed E-state index contributed by atoms with van der Waals surface area (Å²) in [7, 11) is 0. The SMILES string of the molecule is O=C1C=CC(=O)N1CCCCN1C(=O)C2C3C=CC(COCC45C=CC(O4)C4C(=O)N(CCCCN6C(=O)C=CC6=O)C(=O)C45)(O3)C2C1=O. The lowest BCUT2D eigenvalue weighted by molar-refractivity contribution is -0.150. The van der Waals surface area contributed by atoms with Crippen molar-refractivity contribution in [1.29, 1.82) is 0 Å². The summed E-state index contributed by atoms with van der Waals surface area (Å²) in [5, 5.41) is 0. The van der Waals surface area contributed by atoms with Crippen LogP contribution in [0.15, 0.2) is 48.6 Å². The van der Waals surface area contributed by atoms with Crippen molar-refractivity contribution in [3.8, 4) is 0 Å². The van der Waals surface area contributed by atoms with Crippen molar-refractivity contribution in [2.24, 2.45) is 23.7 Å². The van der Waals surface area contributed by atoms with Crippen LogP contribution < -0.4 is 0 Å². The van der Waals surface area contributed by atoms with Crippen molar-refractivity contribution in [2.45, 2.75) is 49.1 Å². The fraction of sp³-hybridized carbons (Fsp3) is 0.529. The van der Waals surface area contributed by atoms with Gasteiger partial charge in [-0.3, -0.25) is 58.0 Å². The minimum Gasteiger partial charge on any atom is -0.375 e. The van der Waals surface area contributed by atoms with Crippen molar-refractivity contribution < 1.29 is 52.6 Å². The average Bonchev–Trinajstić information content (AvgIpc) is 3.96. The standard InChI is InChI=1S/C34H34N4O11/c39-21-5-6-22(40)35(21)13-1-3-15-37-29(43)25-19-9-11-33(48-19,27(25)31(37)45)17-47-18-34-12-10-20(49-34)26-28(34)32(46)38(30(26)44)16-4-2-14-36-23(41)7-8-24(36)42/h5-12,19-20,25-28H,1-4,13-18H2. The molecule has 0 aliphatic carbocycles. The van der Waals surface area contributed by atoms with Gasteiger partial charge in [0.25, 0.3) is 23.6 Å². The molecule has 0 spiro atoms. The number of imide groups is 4. The predicted octanol–water partition coefficient (Wildman–Crippen LogP) is -0.969. The van der Waals surface area contributed by atoms with E-state index in [4.69, 9.17) is 14.2 Å². The first-order valence-electron chi connectivity index (χ1n) is 16.6. The van der Waals surface area contributed by atoms with Crippen LogP contribution >= 0.6 is 0 Å². The summed E-state index contributed by atoms with van der Waals surface area (Å²) >= 11 is 0. The molecule has 8 atom stereocenters. The molecule has 4 bridgehead atoms. The summed E-state index contributed by atoms with van der Waals surface area (Å²) in [4.78, 5) is 106. The fourth-order valence-corrected chi connectivity index (χ4v) is 8.65. The number of amides is 8. The van der Waals surface area contributed by atoms with Crippen molar-refractivity contribution in [3.63, 3.8) is 0 Å². The van der Waals surface area contributed by atoms with E-state index in [1.54, 1.807) is 24.3 Å². The van der Waals surface area contributed by atoms with E-state index < -0.39 is 47.1 Å². The van der Waals surface area contributed by atoms with Crippen molar-refractivity contribution in [2.75, 3.05) is 39.4 Å². The summed E-state index contributed by atoms with van der Waals surface area (Å²) in [6.45, 7) is 0.566. The molecule has 8 unspecified atom stereocenters. The van der Waals surface area contributed by atoms with Gasteiger partial charge < -0.3 is 14.2 Å². The van der Waals surface area contributed by atoms with Gasteiger partial charge in [0.15, 0.2) is 0 Å². The number of unbranched alkanes of at least 4 members (excludes halogenated alkanes) is 2. The van der Waals surface area contributed by atoms with Crippen molar-refractivity contribution >= 4 is 47.3 Å². The van der Waals surface area contributed by atoms with Gasteiger partial charge in [0, 0.05) is 50.5 Å². The van der Waals surface area contributed by atoms with Crippen LogP contribution in [-0.4, -0.2) is 130 Å². The molecule has 0 radical (unpaired) electrons. The molecule has 0 N–H and O–H groups in total. The third-order valence-corrected chi connectivity index (χ3v) is 11.0. The second-order valence-corrected chi connectivity index (χ2v) is 13.7. The van der Waals surface area contributed by atoms with Crippen LogP contribution in [0.3, 0.4) is 0 Å². The minimum absolute atomic E-state index is 0.0735. The van der Waals surface area contributed by atoms with Crippen LogP contribution in [0.4, 0.5) is 0 Å². The van der Waals surface area contributed by atoms with Gasteiger partial charge in [-0.15, -0.1) is 0 Å². The molecular weight excluding hydrogens is 640 g/mol. The number of hydrogen-bond donors (Lipinski definition) is 0. The molecule has 8 rings (SSSR count). The highest BCUT2D eigenvalue weighted by Crippen LogP contribution is 2.54. The van der Waals surface area contributed by atoms with Gasteiger partial charge in [0.2, 0.25) is 23.6 Å². The number of nitrogens with zero attached hydrogens (tertiary/aromatic N) is 4. The lowest BCUT2D eigenvalue weighted by Crippen LogP contribution is -2.47. The molecular formula is C34H34N4O11. The van der Waals surface area contributed by atoms with E-state index in [9.17, 15) is 38.4 Å². The fourth-order valence-electron chi connectivity index (χ4n) is 8.65. The number of carbonyl (C=O) groups excluding carboxylic acids is 8. The van der Waals surface area contributed by atoms with E-state index in [0.29, 0.717) is 25.7 Å². The lowest BCUT2D eigenvalue weighted by atomic mass is 9.76. The second kappa shape index (κ2) is 11.5. The Bertz CT molecular complexity index is 1560. The zero-order valence-electron chi connectivity index (χ0n) is 26.4. The Morgan fingerprint density at radius 3 is 1.22 bits per heavy atom. The van der Waals surface area contributed by atoms with E-state index in [2.05, 4.69) is 0 Å². The highest BCUT2D eigenvalue weighted by molar-refractivity contribution is 6.13. The van der Waals surface area contributed by atoms with Crippen LogP contribution in [0.1, 0.15) is 25.7 Å². The molecule has 8 aliphatic heterocycles. The maximum atomic E-state index is 13.6. The Kier molecular flexibility index (Phi) is 7.42. The molecule has 8 heterocycles. The number of ether oxygens (including phenoxy) is 3. The van der Waals surface area contributed by atoms with E-state index in [1.807, 2.05) is 0 Å². The molecule has 0 aromatic heterocycles. The molecule has 4 saturated heterocycles. The van der Waals surface area contributed by atoms with Gasteiger partial charge in [0.1, 0.15) is 11.2 Å². The van der Waals surface area contributed by atoms with E-state index in [0.717, 1.165) is 9.80 Å². The van der Waals surface area contributed by atoms with Gasteiger partial charge in [-0.05, 0) is 25.7 Å². The quantitative estimate of drug-likeness (QED) is 0.126. The van der Waals surface area contributed by atoms with Crippen LogP contribution in [0.25, 0.3) is 0 Å². The number of likely N-dealkylation sites (tertiary alicyclic amines) is 2. The Labute approximate surface area is 280 Å². The molecule has 0 saturated carbocycles. The second-order valence-electron chi connectivity index (χ2n) is 13.7. The monoisotopic (exact) mass is 674 g/mol. The Balaban J connectivity index is 0.866. The molecule has 256 valence electrons. The number of rotatable bonds is 14. The van der Waals surface area contributed by atoms with Gasteiger partial charge >= 0.3 is 0 Å². The van der Waals surface area contributed by atoms with Gasteiger partial charge in [-0.1, -0.05) is 24.3 Å². The van der Waals surface area contributed by atoms with E-state index >= 15 is 0 Å². The third-order valence-electron chi connectivity index (χ3n) is 11.0.